The Morgan fingerprint density at radius 2 is 1.75 bits per heavy atom. The van der Waals surface area contributed by atoms with Crippen molar-refractivity contribution in [1.82, 2.24) is 9.80 Å². The van der Waals surface area contributed by atoms with E-state index in [1.807, 2.05) is 36.4 Å². The largest absolute Gasteiger partial charge is 0.497 e. The molecule has 1 aliphatic heterocycles. The van der Waals surface area contributed by atoms with Crippen LogP contribution >= 0.6 is 12.4 Å². The van der Waals surface area contributed by atoms with Crippen LogP contribution in [-0.4, -0.2) is 68.1 Å². The zero-order valence-electron chi connectivity index (χ0n) is 18.3. The summed E-state index contributed by atoms with van der Waals surface area (Å²) in [6, 6.07) is 20.4. The fourth-order valence-electron chi connectivity index (χ4n) is 4.77. The van der Waals surface area contributed by atoms with E-state index in [0.29, 0.717) is 6.61 Å². The molecule has 1 aliphatic carbocycles. The van der Waals surface area contributed by atoms with Crippen LogP contribution in [0.5, 0.6) is 11.5 Å². The van der Waals surface area contributed by atoms with Crippen molar-refractivity contribution in [1.29, 1.82) is 0 Å². The summed E-state index contributed by atoms with van der Waals surface area (Å²) < 4.78 is 11.4. The number of benzene rings is 3. The highest BCUT2D eigenvalue weighted by molar-refractivity contribution is 6.04. The summed E-state index contributed by atoms with van der Waals surface area (Å²) >= 11 is 0. The number of halogens is 1. The van der Waals surface area contributed by atoms with Crippen LogP contribution in [0.2, 0.25) is 0 Å². The molecule has 2 aliphatic rings. The smallest absolute Gasteiger partial charge is 0.180 e. The van der Waals surface area contributed by atoms with Gasteiger partial charge in [-0.15, -0.1) is 12.4 Å². The minimum Gasteiger partial charge on any atom is -0.497 e. The van der Waals surface area contributed by atoms with Gasteiger partial charge >= 0.3 is 0 Å². The second kappa shape index (κ2) is 9.90. The van der Waals surface area contributed by atoms with E-state index in [1.54, 1.807) is 7.11 Å². The van der Waals surface area contributed by atoms with Crippen LogP contribution in [0.1, 0.15) is 15.9 Å². The first-order valence-corrected chi connectivity index (χ1v) is 11.0. The molecule has 0 bridgehead atoms. The number of methoxy groups -OCH3 is 1. The quantitative estimate of drug-likeness (QED) is 0.564. The summed E-state index contributed by atoms with van der Waals surface area (Å²) in [6.07, 6.45) is 0.808. The summed E-state index contributed by atoms with van der Waals surface area (Å²) in [5.74, 6) is 1.94. The first-order chi connectivity index (χ1) is 15.2. The summed E-state index contributed by atoms with van der Waals surface area (Å²) in [5.41, 5.74) is 1.97. The van der Waals surface area contributed by atoms with Crippen molar-refractivity contribution < 1.29 is 14.3 Å². The van der Waals surface area contributed by atoms with Gasteiger partial charge in [0.05, 0.1) is 13.2 Å². The Morgan fingerprint density at radius 3 is 2.56 bits per heavy atom. The van der Waals surface area contributed by atoms with Gasteiger partial charge in [-0.2, -0.15) is 0 Å². The van der Waals surface area contributed by atoms with E-state index in [-0.39, 0.29) is 24.2 Å². The zero-order chi connectivity index (χ0) is 21.2. The van der Waals surface area contributed by atoms with Crippen molar-refractivity contribution in [3.05, 3.63) is 71.8 Å². The summed E-state index contributed by atoms with van der Waals surface area (Å²) in [5, 5.41) is 2.36. The fourth-order valence-corrected chi connectivity index (χ4v) is 4.77. The van der Waals surface area contributed by atoms with E-state index in [0.717, 1.165) is 67.2 Å². The molecule has 0 spiro atoms. The lowest BCUT2D eigenvalue weighted by molar-refractivity contribution is 0.0667. The Hall–Kier alpha value is -2.60. The average molecular weight is 453 g/mol. The standard InChI is InChI=1S/C26H28N2O3.ClH/c1-30-21-10-9-20-17-24(26(29)23(20)18-21)28-13-11-27(12-14-28)15-16-31-25-8-4-6-19-5-2-3-7-22(19)25;/h2-10,18,24H,11-17H2,1H3;1H. The monoisotopic (exact) mass is 452 g/mol. The Kier molecular flexibility index (Phi) is 6.99. The lowest BCUT2D eigenvalue weighted by atomic mass is 10.1. The molecule has 0 radical (unpaired) electrons. The van der Waals surface area contributed by atoms with E-state index in [9.17, 15) is 4.79 Å². The lowest BCUT2D eigenvalue weighted by Gasteiger charge is -2.37. The third kappa shape index (κ3) is 4.46. The molecule has 1 heterocycles. The maximum atomic E-state index is 13.0. The number of hydrogen-bond donors (Lipinski definition) is 0. The van der Waals surface area contributed by atoms with E-state index in [2.05, 4.69) is 34.1 Å². The molecular formula is C26H29ClN2O3. The number of carbonyl (C=O) groups is 1. The Balaban J connectivity index is 0.00000245. The predicted molar refractivity (Wildman–Crippen MR) is 130 cm³/mol. The molecule has 0 amide bonds. The number of Topliss-reactive ketones (excluding diaryl/α,β-unsaturated/α-hetero) is 1. The minimum atomic E-state index is -0.0313. The molecule has 1 atom stereocenters. The third-order valence-corrected chi connectivity index (χ3v) is 6.56. The van der Waals surface area contributed by atoms with E-state index in [4.69, 9.17) is 9.47 Å². The summed E-state index contributed by atoms with van der Waals surface area (Å²) in [4.78, 5) is 17.7. The highest BCUT2D eigenvalue weighted by Crippen LogP contribution is 2.29. The molecule has 32 heavy (non-hydrogen) atoms. The lowest BCUT2D eigenvalue weighted by Crippen LogP contribution is -2.52. The molecular weight excluding hydrogens is 424 g/mol. The molecule has 5 rings (SSSR count). The van der Waals surface area contributed by atoms with Crippen LogP contribution in [0.15, 0.2) is 60.7 Å². The molecule has 1 saturated heterocycles. The number of ketones is 1. The normalized spacial score (nSPS) is 18.9. The number of carbonyl (C=O) groups excluding carboxylic acids is 1. The van der Waals surface area contributed by atoms with Gasteiger partial charge in [-0.1, -0.05) is 42.5 Å². The zero-order valence-corrected chi connectivity index (χ0v) is 19.1. The maximum Gasteiger partial charge on any atom is 0.180 e. The maximum absolute atomic E-state index is 13.0. The van der Waals surface area contributed by atoms with Crippen molar-refractivity contribution in [2.75, 3.05) is 46.4 Å². The van der Waals surface area contributed by atoms with Crippen LogP contribution in [0.3, 0.4) is 0 Å². The van der Waals surface area contributed by atoms with Gasteiger partial charge in [-0.05, 0) is 35.6 Å². The Bertz CT molecular complexity index is 1090. The second-order valence-electron chi connectivity index (χ2n) is 8.31. The van der Waals surface area contributed by atoms with Gasteiger partial charge in [0.2, 0.25) is 0 Å². The molecule has 0 aromatic heterocycles. The van der Waals surface area contributed by atoms with Gasteiger partial charge in [-0.3, -0.25) is 14.6 Å². The number of nitrogens with zero attached hydrogens (tertiary/aromatic N) is 2. The van der Waals surface area contributed by atoms with Gasteiger partial charge in [0, 0.05) is 43.7 Å². The van der Waals surface area contributed by atoms with E-state index in [1.165, 1.54) is 5.39 Å². The van der Waals surface area contributed by atoms with Crippen LogP contribution < -0.4 is 9.47 Å². The average Bonchev–Trinajstić information content (AvgIpc) is 3.15. The molecule has 168 valence electrons. The fraction of sp³-hybridized carbons (Fsp3) is 0.346. The molecule has 0 saturated carbocycles. The topological polar surface area (TPSA) is 42.0 Å². The number of ether oxygens (including phenoxy) is 2. The highest BCUT2D eigenvalue weighted by Gasteiger charge is 2.36. The molecule has 3 aromatic carbocycles. The molecule has 1 fully saturated rings. The SMILES string of the molecule is COc1ccc2c(c1)C(=O)C(N1CCN(CCOc3cccc4ccccc34)CC1)C2.Cl. The third-order valence-electron chi connectivity index (χ3n) is 6.56. The molecule has 0 N–H and O–H groups in total. The first-order valence-electron chi connectivity index (χ1n) is 11.0. The number of fused-ring (bicyclic) bond motifs is 2. The van der Waals surface area contributed by atoms with Crippen molar-refractivity contribution in [2.45, 2.75) is 12.5 Å². The van der Waals surface area contributed by atoms with Crippen LogP contribution in [0.25, 0.3) is 10.8 Å². The van der Waals surface area contributed by atoms with Gasteiger partial charge in [0.1, 0.15) is 18.1 Å². The molecule has 1 unspecified atom stereocenters. The van der Waals surface area contributed by atoms with E-state index >= 15 is 0 Å². The van der Waals surface area contributed by atoms with Crippen LogP contribution in [0, 0.1) is 0 Å². The van der Waals surface area contributed by atoms with Gasteiger partial charge in [0.15, 0.2) is 5.78 Å². The summed E-state index contributed by atoms with van der Waals surface area (Å²) in [6.45, 7) is 5.31. The van der Waals surface area contributed by atoms with Gasteiger partial charge in [-0.25, -0.2) is 0 Å². The summed E-state index contributed by atoms with van der Waals surface area (Å²) in [7, 11) is 1.64. The van der Waals surface area contributed by atoms with Crippen molar-refractivity contribution in [3.63, 3.8) is 0 Å². The second-order valence-corrected chi connectivity index (χ2v) is 8.31. The van der Waals surface area contributed by atoms with Crippen molar-refractivity contribution >= 4 is 29.0 Å². The van der Waals surface area contributed by atoms with E-state index < -0.39 is 0 Å². The van der Waals surface area contributed by atoms with Gasteiger partial charge < -0.3 is 9.47 Å². The van der Waals surface area contributed by atoms with Crippen LogP contribution in [-0.2, 0) is 6.42 Å². The number of piperazine rings is 1. The first kappa shape index (κ1) is 22.6. The number of rotatable bonds is 6. The highest BCUT2D eigenvalue weighted by atomic mass is 35.5. The van der Waals surface area contributed by atoms with Gasteiger partial charge in [0.25, 0.3) is 0 Å². The Morgan fingerprint density at radius 1 is 0.969 bits per heavy atom. The van der Waals surface area contributed by atoms with Crippen molar-refractivity contribution in [2.24, 2.45) is 0 Å². The molecule has 3 aromatic rings. The van der Waals surface area contributed by atoms with Crippen LogP contribution in [0.4, 0.5) is 0 Å². The minimum absolute atomic E-state index is 0. The Labute approximate surface area is 195 Å². The van der Waals surface area contributed by atoms with Crippen molar-refractivity contribution in [3.8, 4) is 11.5 Å². The number of hydrogen-bond acceptors (Lipinski definition) is 5. The predicted octanol–water partition coefficient (Wildman–Crippen LogP) is 4.07. The molecule has 6 heteroatoms. The molecule has 5 nitrogen and oxygen atoms in total.